The lowest BCUT2D eigenvalue weighted by atomic mass is 10.0. The fourth-order valence-corrected chi connectivity index (χ4v) is 2.12. The third kappa shape index (κ3) is 2.14. The van der Waals surface area contributed by atoms with Crippen molar-refractivity contribution >= 4 is 0 Å². The van der Waals surface area contributed by atoms with Crippen molar-refractivity contribution in [1.29, 1.82) is 0 Å². The number of aliphatic hydroxyl groups is 1. The Bertz CT molecular complexity index is 558. The first-order valence-electron chi connectivity index (χ1n) is 6.02. The zero-order valence-corrected chi connectivity index (χ0v) is 11.2. The van der Waals surface area contributed by atoms with Gasteiger partial charge in [0.2, 0.25) is 0 Å². The molecule has 0 fully saturated rings. The topological polar surface area (TPSA) is 45.2 Å². The molecule has 0 aliphatic rings. The highest BCUT2D eigenvalue weighted by Gasteiger charge is 2.17. The summed E-state index contributed by atoms with van der Waals surface area (Å²) in [5.41, 5.74) is 5.11. The number of aliphatic hydroxyl groups excluding tert-OH is 1. The molecule has 0 spiro atoms. The number of nitrogens with one attached hydrogen (secondary N) is 1. The van der Waals surface area contributed by atoms with Gasteiger partial charge in [0.1, 0.15) is 11.9 Å². The predicted molar refractivity (Wildman–Crippen MR) is 72.1 cm³/mol. The first kappa shape index (κ1) is 12.7. The Labute approximate surface area is 107 Å². The van der Waals surface area contributed by atoms with E-state index in [1.165, 1.54) is 5.56 Å². The van der Waals surface area contributed by atoms with Gasteiger partial charge in [0.25, 0.3) is 0 Å². The lowest BCUT2D eigenvalue weighted by Crippen LogP contribution is -2.02. The summed E-state index contributed by atoms with van der Waals surface area (Å²) in [5, 5.41) is 10.4. The quantitative estimate of drug-likeness (QED) is 0.873. The van der Waals surface area contributed by atoms with Crippen molar-refractivity contribution in [1.82, 2.24) is 4.98 Å². The number of benzene rings is 1. The third-order valence-corrected chi connectivity index (χ3v) is 3.53. The van der Waals surface area contributed by atoms with Gasteiger partial charge >= 0.3 is 0 Å². The number of aromatic nitrogens is 1. The molecule has 96 valence electrons. The van der Waals surface area contributed by atoms with Crippen LogP contribution in [-0.2, 0) is 0 Å². The van der Waals surface area contributed by atoms with Crippen LogP contribution in [0.5, 0.6) is 5.75 Å². The largest absolute Gasteiger partial charge is 0.497 e. The Kier molecular flexibility index (Phi) is 3.43. The monoisotopic (exact) mass is 245 g/mol. The molecule has 3 nitrogen and oxygen atoms in total. The van der Waals surface area contributed by atoms with E-state index in [2.05, 4.69) is 11.9 Å². The van der Waals surface area contributed by atoms with Crippen molar-refractivity contribution < 1.29 is 9.84 Å². The van der Waals surface area contributed by atoms with Crippen molar-refractivity contribution in [3.63, 3.8) is 0 Å². The summed E-state index contributed by atoms with van der Waals surface area (Å²) >= 11 is 0. The van der Waals surface area contributed by atoms with Gasteiger partial charge < -0.3 is 14.8 Å². The molecule has 3 heteroatoms. The molecule has 1 atom stereocenters. The van der Waals surface area contributed by atoms with Gasteiger partial charge in [-0.1, -0.05) is 12.1 Å². The average molecular weight is 245 g/mol. The molecule has 0 saturated carbocycles. The average Bonchev–Trinajstić information content (AvgIpc) is 2.65. The summed E-state index contributed by atoms with van der Waals surface area (Å²) in [7, 11) is 1.62. The molecule has 0 radical (unpaired) electrons. The minimum absolute atomic E-state index is 0.646. The van der Waals surface area contributed by atoms with Crippen LogP contribution < -0.4 is 4.74 Å². The molecule has 1 unspecified atom stereocenters. The lowest BCUT2D eigenvalue weighted by Gasteiger charge is -2.12. The summed E-state index contributed by atoms with van der Waals surface area (Å²) in [4.78, 5) is 3.26. The molecule has 2 N–H and O–H groups in total. The second-order valence-electron chi connectivity index (χ2n) is 4.59. The smallest absolute Gasteiger partial charge is 0.119 e. The molecule has 0 aliphatic carbocycles. The highest BCUT2D eigenvalue weighted by molar-refractivity contribution is 5.40. The molecule has 0 bridgehead atoms. The van der Waals surface area contributed by atoms with Crippen LogP contribution in [0.1, 0.15) is 34.2 Å². The molecule has 18 heavy (non-hydrogen) atoms. The maximum Gasteiger partial charge on any atom is 0.119 e. The van der Waals surface area contributed by atoms with Crippen molar-refractivity contribution in [3.05, 3.63) is 52.3 Å². The van der Waals surface area contributed by atoms with Gasteiger partial charge in [0, 0.05) is 5.69 Å². The molecule has 1 aromatic carbocycles. The van der Waals surface area contributed by atoms with Gasteiger partial charge in [-0.15, -0.1) is 0 Å². The van der Waals surface area contributed by atoms with E-state index in [-0.39, 0.29) is 0 Å². The van der Waals surface area contributed by atoms with Crippen LogP contribution in [0.15, 0.2) is 24.3 Å². The van der Waals surface area contributed by atoms with E-state index in [1.54, 1.807) is 7.11 Å². The summed E-state index contributed by atoms with van der Waals surface area (Å²) < 4.78 is 5.18. The van der Waals surface area contributed by atoms with Crippen LogP contribution in [0, 0.1) is 20.8 Å². The predicted octanol–water partition coefficient (Wildman–Crippen LogP) is 3.03. The Morgan fingerprint density at radius 2 is 1.89 bits per heavy atom. The Morgan fingerprint density at radius 1 is 1.17 bits per heavy atom. The van der Waals surface area contributed by atoms with Crippen LogP contribution in [0.2, 0.25) is 0 Å². The van der Waals surface area contributed by atoms with Crippen LogP contribution in [0.3, 0.4) is 0 Å². The van der Waals surface area contributed by atoms with Crippen molar-refractivity contribution in [2.24, 2.45) is 0 Å². The standard InChI is InChI=1S/C15H19NO2/c1-9-10(2)14(16-11(9)3)15(17)12-6-5-7-13(8-12)18-4/h5-8,15-17H,1-4H3. The number of aryl methyl sites for hydroxylation is 1. The fraction of sp³-hybridized carbons (Fsp3) is 0.333. The molecular formula is C15H19NO2. The van der Waals surface area contributed by atoms with Crippen molar-refractivity contribution in [2.75, 3.05) is 7.11 Å². The first-order valence-corrected chi connectivity index (χ1v) is 6.02. The van der Waals surface area contributed by atoms with Gasteiger partial charge in [-0.2, -0.15) is 0 Å². The molecular weight excluding hydrogens is 226 g/mol. The molecule has 1 heterocycles. The molecule has 2 rings (SSSR count). The van der Waals surface area contributed by atoms with Crippen LogP contribution in [-0.4, -0.2) is 17.2 Å². The van der Waals surface area contributed by atoms with E-state index < -0.39 is 6.10 Å². The summed E-state index contributed by atoms with van der Waals surface area (Å²) in [6.07, 6.45) is -0.646. The fourth-order valence-electron chi connectivity index (χ4n) is 2.12. The number of rotatable bonds is 3. The van der Waals surface area contributed by atoms with Crippen LogP contribution in [0.25, 0.3) is 0 Å². The number of methoxy groups -OCH3 is 1. The maximum absolute atomic E-state index is 10.4. The van der Waals surface area contributed by atoms with E-state index in [9.17, 15) is 5.11 Å². The Balaban J connectivity index is 2.40. The minimum atomic E-state index is -0.646. The highest BCUT2D eigenvalue weighted by Crippen LogP contribution is 2.28. The second-order valence-corrected chi connectivity index (χ2v) is 4.59. The zero-order chi connectivity index (χ0) is 13.3. The minimum Gasteiger partial charge on any atom is -0.497 e. The van der Waals surface area contributed by atoms with Crippen molar-refractivity contribution in [2.45, 2.75) is 26.9 Å². The molecule has 0 amide bonds. The van der Waals surface area contributed by atoms with Gasteiger partial charge in [0.05, 0.1) is 12.8 Å². The number of H-pyrrole nitrogens is 1. The summed E-state index contributed by atoms with van der Waals surface area (Å²) in [6, 6.07) is 7.51. The van der Waals surface area contributed by atoms with Crippen LogP contribution >= 0.6 is 0 Å². The third-order valence-electron chi connectivity index (χ3n) is 3.53. The van der Waals surface area contributed by atoms with E-state index in [0.717, 1.165) is 28.3 Å². The maximum atomic E-state index is 10.4. The van der Waals surface area contributed by atoms with Gasteiger partial charge in [-0.3, -0.25) is 0 Å². The number of hydrogen-bond acceptors (Lipinski definition) is 2. The molecule has 0 saturated heterocycles. The second kappa shape index (κ2) is 4.86. The van der Waals surface area contributed by atoms with E-state index in [4.69, 9.17) is 4.74 Å². The first-order chi connectivity index (χ1) is 8.54. The van der Waals surface area contributed by atoms with Crippen molar-refractivity contribution in [3.8, 4) is 5.75 Å². The molecule has 0 aliphatic heterocycles. The highest BCUT2D eigenvalue weighted by atomic mass is 16.5. The number of ether oxygens (including phenoxy) is 1. The van der Waals surface area contributed by atoms with E-state index in [1.807, 2.05) is 38.1 Å². The van der Waals surface area contributed by atoms with Gasteiger partial charge in [-0.05, 0) is 49.6 Å². The summed E-state index contributed by atoms with van der Waals surface area (Å²) in [6.45, 7) is 6.10. The molecule has 1 aromatic heterocycles. The van der Waals surface area contributed by atoms with Crippen LogP contribution in [0.4, 0.5) is 0 Å². The normalized spacial score (nSPS) is 12.5. The van der Waals surface area contributed by atoms with E-state index >= 15 is 0 Å². The number of aromatic amines is 1. The van der Waals surface area contributed by atoms with Gasteiger partial charge in [-0.25, -0.2) is 0 Å². The van der Waals surface area contributed by atoms with E-state index in [0.29, 0.717) is 0 Å². The zero-order valence-electron chi connectivity index (χ0n) is 11.2. The Morgan fingerprint density at radius 3 is 2.44 bits per heavy atom. The number of hydrogen-bond donors (Lipinski definition) is 2. The SMILES string of the molecule is COc1cccc(C(O)c2[nH]c(C)c(C)c2C)c1. The van der Waals surface area contributed by atoms with Gasteiger partial charge in [0.15, 0.2) is 0 Å². The lowest BCUT2D eigenvalue weighted by molar-refractivity contribution is 0.214. The molecule has 2 aromatic rings. The Hall–Kier alpha value is -1.74. The summed E-state index contributed by atoms with van der Waals surface area (Å²) in [5.74, 6) is 0.754.